The van der Waals surface area contributed by atoms with Gasteiger partial charge in [0.25, 0.3) is 5.56 Å². The topological polar surface area (TPSA) is 32.9 Å². The number of halogens is 3. The van der Waals surface area contributed by atoms with E-state index < -0.39 is 23.0 Å². The Morgan fingerprint density at radius 3 is 2.30 bits per heavy atom. The third-order valence-electron chi connectivity index (χ3n) is 0.932. The molecule has 0 spiro atoms. The minimum atomic E-state index is -1.75. The van der Waals surface area contributed by atoms with Gasteiger partial charge in [-0.15, -0.1) is 0 Å². The molecule has 0 atom stereocenters. The van der Waals surface area contributed by atoms with Gasteiger partial charge in [0.2, 0.25) is 11.6 Å². The van der Waals surface area contributed by atoms with Crippen LogP contribution in [0.3, 0.4) is 0 Å². The van der Waals surface area contributed by atoms with E-state index in [1.165, 1.54) is 0 Å². The summed E-state index contributed by atoms with van der Waals surface area (Å²) in [6.45, 7) is 0. The van der Waals surface area contributed by atoms with Gasteiger partial charge in [0, 0.05) is 6.20 Å². The summed E-state index contributed by atoms with van der Waals surface area (Å²) >= 11 is 0. The van der Waals surface area contributed by atoms with Crippen molar-refractivity contribution in [2.75, 3.05) is 0 Å². The highest BCUT2D eigenvalue weighted by Crippen LogP contribution is 2.02. The predicted molar refractivity (Wildman–Crippen MR) is 26.9 cm³/mol. The fraction of sp³-hybridized carbons (Fsp3) is 0. The second kappa shape index (κ2) is 2.17. The van der Waals surface area contributed by atoms with Crippen molar-refractivity contribution in [1.29, 1.82) is 0 Å². The van der Waals surface area contributed by atoms with E-state index in [1.54, 1.807) is 4.98 Å². The molecule has 1 aromatic heterocycles. The van der Waals surface area contributed by atoms with Crippen molar-refractivity contribution in [3.05, 3.63) is 34.0 Å². The lowest BCUT2D eigenvalue weighted by Gasteiger charge is -1.90. The van der Waals surface area contributed by atoms with Gasteiger partial charge in [0.15, 0.2) is 5.82 Å². The lowest BCUT2D eigenvalue weighted by molar-refractivity contribution is 0.435. The van der Waals surface area contributed by atoms with Crippen LogP contribution in [0.5, 0.6) is 0 Å². The number of hydrogen-bond acceptors (Lipinski definition) is 1. The third kappa shape index (κ3) is 0.896. The van der Waals surface area contributed by atoms with Crippen LogP contribution >= 0.6 is 0 Å². The molecule has 1 rings (SSSR count). The standard InChI is InChI=1S/C5H2F3NO/c6-2-1-9-5(10)4(8)3(2)7/h1H,(H,9,10). The lowest BCUT2D eigenvalue weighted by Crippen LogP contribution is -2.13. The molecule has 0 amide bonds. The average molecular weight is 149 g/mol. The first-order valence-electron chi connectivity index (χ1n) is 2.35. The van der Waals surface area contributed by atoms with Crippen LogP contribution in [-0.2, 0) is 0 Å². The van der Waals surface area contributed by atoms with Crippen molar-refractivity contribution in [3.63, 3.8) is 0 Å². The van der Waals surface area contributed by atoms with Gasteiger partial charge in [-0.2, -0.15) is 4.39 Å². The van der Waals surface area contributed by atoms with Crippen molar-refractivity contribution in [3.8, 4) is 0 Å². The minimum Gasteiger partial charge on any atom is -0.323 e. The van der Waals surface area contributed by atoms with Gasteiger partial charge in [0.1, 0.15) is 0 Å². The molecule has 1 heterocycles. The summed E-state index contributed by atoms with van der Waals surface area (Å²) in [6.07, 6.45) is 0.459. The molecule has 0 saturated carbocycles. The van der Waals surface area contributed by atoms with Gasteiger partial charge in [-0.05, 0) is 0 Å². The molecule has 1 aromatic rings. The van der Waals surface area contributed by atoms with Crippen LogP contribution in [0.25, 0.3) is 0 Å². The molecular weight excluding hydrogens is 147 g/mol. The number of H-pyrrole nitrogens is 1. The van der Waals surface area contributed by atoms with Crippen LogP contribution in [0.15, 0.2) is 11.0 Å². The van der Waals surface area contributed by atoms with E-state index in [2.05, 4.69) is 0 Å². The monoisotopic (exact) mass is 149 g/mol. The maximum absolute atomic E-state index is 12.0. The summed E-state index contributed by atoms with van der Waals surface area (Å²) in [4.78, 5) is 11.8. The van der Waals surface area contributed by atoms with Gasteiger partial charge < -0.3 is 4.98 Å². The van der Waals surface area contributed by atoms with Gasteiger partial charge in [-0.1, -0.05) is 0 Å². The van der Waals surface area contributed by atoms with Gasteiger partial charge >= 0.3 is 0 Å². The molecule has 0 fully saturated rings. The Bertz CT molecular complexity index is 306. The highest BCUT2D eigenvalue weighted by molar-refractivity contribution is 5.00. The molecule has 0 bridgehead atoms. The zero-order valence-corrected chi connectivity index (χ0v) is 4.62. The Morgan fingerprint density at radius 1 is 1.20 bits per heavy atom. The fourth-order valence-electron chi connectivity index (χ4n) is 0.460. The number of aromatic nitrogens is 1. The third-order valence-corrected chi connectivity index (χ3v) is 0.932. The van der Waals surface area contributed by atoms with Crippen LogP contribution in [0, 0.1) is 17.5 Å². The second-order valence-electron chi connectivity index (χ2n) is 1.59. The first-order chi connectivity index (χ1) is 4.63. The molecule has 0 radical (unpaired) electrons. The highest BCUT2D eigenvalue weighted by Gasteiger charge is 2.10. The Morgan fingerprint density at radius 2 is 1.80 bits per heavy atom. The first-order valence-corrected chi connectivity index (χ1v) is 2.35. The molecule has 0 saturated heterocycles. The first kappa shape index (κ1) is 6.85. The molecule has 2 nitrogen and oxygen atoms in total. The molecule has 5 heteroatoms. The van der Waals surface area contributed by atoms with Crippen molar-refractivity contribution in [2.45, 2.75) is 0 Å². The summed E-state index contributed by atoms with van der Waals surface area (Å²) < 4.78 is 36.0. The average Bonchev–Trinajstić information content (AvgIpc) is 1.93. The number of pyridine rings is 1. The van der Waals surface area contributed by atoms with Gasteiger partial charge in [-0.25, -0.2) is 8.78 Å². The van der Waals surface area contributed by atoms with E-state index in [0.29, 0.717) is 6.20 Å². The zero-order valence-electron chi connectivity index (χ0n) is 4.62. The summed E-state index contributed by atoms with van der Waals surface area (Å²) in [5.74, 6) is -4.87. The Balaban J connectivity index is 3.49. The Hall–Kier alpha value is -1.26. The number of nitrogens with one attached hydrogen (secondary N) is 1. The lowest BCUT2D eigenvalue weighted by atomic mass is 10.4. The van der Waals surface area contributed by atoms with E-state index in [-0.39, 0.29) is 0 Å². The van der Waals surface area contributed by atoms with Crippen LogP contribution < -0.4 is 5.56 Å². The highest BCUT2D eigenvalue weighted by atomic mass is 19.2. The molecule has 1 N–H and O–H groups in total. The van der Waals surface area contributed by atoms with Crippen molar-refractivity contribution < 1.29 is 13.2 Å². The Labute approximate surface area is 53.3 Å². The van der Waals surface area contributed by atoms with Crippen LogP contribution in [0.2, 0.25) is 0 Å². The number of hydrogen-bond donors (Lipinski definition) is 1. The van der Waals surface area contributed by atoms with Crippen molar-refractivity contribution in [2.24, 2.45) is 0 Å². The predicted octanol–water partition coefficient (Wildman–Crippen LogP) is 0.792. The maximum atomic E-state index is 12.0. The smallest absolute Gasteiger partial charge is 0.287 e. The maximum Gasteiger partial charge on any atom is 0.287 e. The molecule has 10 heavy (non-hydrogen) atoms. The zero-order chi connectivity index (χ0) is 7.72. The molecule has 0 aliphatic heterocycles. The Kier molecular flexibility index (Phi) is 1.48. The summed E-state index contributed by atoms with van der Waals surface area (Å²) in [5.41, 5.74) is -1.26. The second-order valence-corrected chi connectivity index (χ2v) is 1.59. The van der Waals surface area contributed by atoms with Crippen molar-refractivity contribution >= 4 is 0 Å². The normalized spacial score (nSPS) is 9.90. The number of aromatic amines is 1. The molecule has 0 unspecified atom stereocenters. The molecule has 0 aliphatic carbocycles. The summed E-state index contributed by atoms with van der Waals surface area (Å²) in [6, 6.07) is 0. The molecule has 0 aromatic carbocycles. The van der Waals surface area contributed by atoms with Crippen molar-refractivity contribution in [1.82, 2.24) is 4.98 Å². The van der Waals surface area contributed by atoms with Crippen LogP contribution in [0.4, 0.5) is 13.2 Å². The van der Waals surface area contributed by atoms with E-state index in [1.807, 2.05) is 0 Å². The molecule has 0 aliphatic rings. The van der Waals surface area contributed by atoms with Gasteiger partial charge in [-0.3, -0.25) is 4.79 Å². The summed E-state index contributed by atoms with van der Waals surface area (Å²) in [7, 11) is 0. The quantitative estimate of drug-likeness (QED) is 0.581. The number of rotatable bonds is 0. The van der Waals surface area contributed by atoms with Crippen LogP contribution in [-0.4, -0.2) is 4.98 Å². The van der Waals surface area contributed by atoms with E-state index in [0.717, 1.165) is 0 Å². The largest absolute Gasteiger partial charge is 0.323 e. The van der Waals surface area contributed by atoms with E-state index in [9.17, 15) is 18.0 Å². The van der Waals surface area contributed by atoms with E-state index >= 15 is 0 Å². The van der Waals surface area contributed by atoms with Gasteiger partial charge in [0.05, 0.1) is 0 Å². The SMILES string of the molecule is O=c1[nH]cc(F)c(F)c1F. The van der Waals surface area contributed by atoms with Crippen LogP contribution in [0.1, 0.15) is 0 Å². The summed E-state index contributed by atoms with van der Waals surface area (Å²) in [5, 5.41) is 0. The fourth-order valence-corrected chi connectivity index (χ4v) is 0.460. The molecule has 54 valence electrons. The minimum absolute atomic E-state index is 0.459. The van der Waals surface area contributed by atoms with E-state index in [4.69, 9.17) is 0 Å². The molecular formula is C5H2F3NO.